The minimum atomic E-state index is -4.39. The van der Waals surface area contributed by atoms with Gasteiger partial charge in [-0.3, -0.25) is 4.98 Å². The molecule has 0 aromatic carbocycles. The van der Waals surface area contributed by atoms with E-state index in [1.54, 1.807) is 20.8 Å². The van der Waals surface area contributed by atoms with E-state index in [2.05, 4.69) is 4.98 Å². The number of aromatic nitrogens is 1. The highest BCUT2D eigenvalue weighted by atomic mass is 19.4. The molecule has 0 bridgehead atoms. The molecule has 0 radical (unpaired) electrons. The summed E-state index contributed by atoms with van der Waals surface area (Å²) in [5.74, 6) is -0.0454. The highest BCUT2D eigenvalue weighted by Gasteiger charge is 2.33. The van der Waals surface area contributed by atoms with Gasteiger partial charge < -0.3 is 4.74 Å². The maximum absolute atomic E-state index is 12.9. The molecule has 18 heavy (non-hydrogen) atoms. The number of ether oxygens (including phenoxy) is 1. The molecular weight excluding hydrogens is 243 g/mol. The van der Waals surface area contributed by atoms with Crippen LogP contribution in [0.2, 0.25) is 0 Å². The Labute approximate surface area is 104 Å². The Hall–Kier alpha value is -1.52. The van der Waals surface area contributed by atoms with Crippen molar-refractivity contribution in [1.29, 1.82) is 0 Å². The third-order valence-electron chi connectivity index (χ3n) is 2.36. The molecule has 1 aromatic rings. The Kier molecular flexibility index (Phi) is 4.76. The van der Waals surface area contributed by atoms with E-state index in [0.29, 0.717) is 12.3 Å². The van der Waals surface area contributed by atoms with Crippen LogP contribution >= 0.6 is 0 Å². The average molecular weight is 259 g/mol. The van der Waals surface area contributed by atoms with Gasteiger partial charge in [-0.1, -0.05) is 13.8 Å². The maximum atomic E-state index is 12.9. The molecular formula is C13H16F3NO. The van der Waals surface area contributed by atoms with Gasteiger partial charge in [0.25, 0.3) is 0 Å². The van der Waals surface area contributed by atoms with Gasteiger partial charge >= 0.3 is 6.18 Å². The molecule has 0 atom stereocenters. The van der Waals surface area contributed by atoms with E-state index in [9.17, 15) is 13.2 Å². The molecule has 2 nitrogen and oxygen atoms in total. The summed E-state index contributed by atoms with van der Waals surface area (Å²) < 4.78 is 43.6. The maximum Gasteiger partial charge on any atom is 0.417 e. The fourth-order valence-corrected chi connectivity index (χ4v) is 1.39. The lowest BCUT2D eigenvalue weighted by Gasteiger charge is -2.13. The van der Waals surface area contributed by atoms with E-state index < -0.39 is 11.7 Å². The van der Waals surface area contributed by atoms with Crippen molar-refractivity contribution < 1.29 is 17.9 Å². The van der Waals surface area contributed by atoms with Gasteiger partial charge in [0.05, 0.1) is 18.4 Å². The van der Waals surface area contributed by atoms with Gasteiger partial charge in [-0.25, -0.2) is 0 Å². The molecule has 0 amide bonds. The third-order valence-corrected chi connectivity index (χ3v) is 2.36. The number of rotatable bonds is 4. The first-order chi connectivity index (χ1) is 8.36. The van der Waals surface area contributed by atoms with Crippen LogP contribution in [-0.4, -0.2) is 11.6 Å². The van der Waals surface area contributed by atoms with Crippen LogP contribution in [0, 0.1) is 0 Å². The van der Waals surface area contributed by atoms with E-state index >= 15 is 0 Å². The summed E-state index contributed by atoms with van der Waals surface area (Å²) >= 11 is 0. The first-order valence-electron chi connectivity index (χ1n) is 5.71. The second-order valence-electron chi connectivity index (χ2n) is 4.11. The molecule has 0 unspecified atom stereocenters. The fraction of sp³-hybridized carbons (Fsp3) is 0.462. The lowest BCUT2D eigenvalue weighted by Crippen LogP contribution is -2.09. The smallest absolute Gasteiger partial charge is 0.417 e. The zero-order valence-corrected chi connectivity index (χ0v) is 10.6. The van der Waals surface area contributed by atoms with Gasteiger partial charge in [0.2, 0.25) is 0 Å². The van der Waals surface area contributed by atoms with Crippen molar-refractivity contribution in [2.75, 3.05) is 6.61 Å². The molecule has 0 fully saturated rings. The topological polar surface area (TPSA) is 22.1 Å². The largest absolute Gasteiger partial charge is 0.501 e. The first kappa shape index (κ1) is 14.5. The number of alkyl halides is 3. The summed E-state index contributed by atoms with van der Waals surface area (Å²) in [5, 5.41) is 0. The quantitative estimate of drug-likeness (QED) is 0.755. The zero-order valence-electron chi connectivity index (χ0n) is 10.6. The molecule has 1 heterocycles. The van der Waals surface area contributed by atoms with E-state index in [-0.39, 0.29) is 11.5 Å². The number of hydrogen-bond donors (Lipinski definition) is 0. The van der Waals surface area contributed by atoms with Crippen LogP contribution in [0.15, 0.2) is 18.5 Å². The fourth-order valence-electron chi connectivity index (χ4n) is 1.39. The SMILES string of the molecule is CCO/C=C\c1cnc(C(C)C)cc1C(F)(F)F. The minimum absolute atomic E-state index is 0.0142. The Morgan fingerprint density at radius 3 is 2.56 bits per heavy atom. The van der Waals surface area contributed by atoms with Crippen LogP contribution in [0.1, 0.15) is 43.5 Å². The van der Waals surface area contributed by atoms with Crippen molar-refractivity contribution in [3.05, 3.63) is 35.3 Å². The van der Waals surface area contributed by atoms with Gasteiger partial charge in [0.15, 0.2) is 0 Å². The van der Waals surface area contributed by atoms with Crippen molar-refractivity contribution >= 4 is 6.08 Å². The van der Waals surface area contributed by atoms with Gasteiger partial charge in [-0.15, -0.1) is 0 Å². The second-order valence-corrected chi connectivity index (χ2v) is 4.11. The number of hydrogen-bond acceptors (Lipinski definition) is 2. The van der Waals surface area contributed by atoms with Crippen LogP contribution in [0.5, 0.6) is 0 Å². The molecule has 0 aliphatic heterocycles. The molecule has 1 aromatic heterocycles. The number of pyridine rings is 1. The molecule has 100 valence electrons. The predicted octanol–water partition coefficient (Wildman–Crippen LogP) is 4.23. The van der Waals surface area contributed by atoms with Gasteiger partial charge in [-0.2, -0.15) is 13.2 Å². The van der Waals surface area contributed by atoms with Crippen molar-refractivity contribution in [2.24, 2.45) is 0 Å². The zero-order chi connectivity index (χ0) is 13.8. The van der Waals surface area contributed by atoms with Crippen LogP contribution < -0.4 is 0 Å². The van der Waals surface area contributed by atoms with Crippen LogP contribution in [-0.2, 0) is 10.9 Å². The van der Waals surface area contributed by atoms with Gasteiger partial charge in [0.1, 0.15) is 0 Å². The van der Waals surface area contributed by atoms with E-state index in [1.165, 1.54) is 18.5 Å². The normalized spacial score (nSPS) is 12.4. The van der Waals surface area contributed by atoms with E-state index in [0.717, 1.165) is 6.07 Å². The van der Waals surface area contributed by atoms with Crippen LogP contribution in [0.3, 0.4) is 0 Å². The molecule has 0 saturated heterocycles. The lowest BCUT2D eigenvalue weighted by molar-refractivity contribution is -0.137. The van der Waals surface area contributed by atoms with Gasteiger partial charge in [0, 0.05) is 17.5 Å². The Morgan fingerprint density at radius 1 is 1.39 bits per heavy atom. The standard InChI is InChI=1S/C13H16F3NO/c1-4-18-6-5-10-8-17-12(9(2)3)7-11(10)13(14,15)16/h5-9H,4H2,1-3H3/b6-5-. The Balaban J connectivity index is 3.17. The summed E-state index contributed by atoms with van der Waals surface area (Å²) in [6.07, 6.45) is -0.628. The number of nitrogens with zero attached hydrogens (tertiary/aromatic N) is 1. The molecule has 0 saturated carbocycles. The molecule has 1 rings (SSSR count). The summed E-state index contributed by atoms with van der Waals surface area (Å²) in [5.41, 5.74) is -0.242. The summed E-state index contributed by atoms with van der Waals surface area (Å²) in [6.45, 7) is 5.78. The second kappa shape index (κ2) is 5.89. The lowest BCUT2D eigenvalue weighted by atomic mass is 10.0. The van der Waals surface area contributed by atoms with Crippen molar-refractivity contribution in [3.8, 4) is 0 Å². The third kappa shape index (κ3) is 3.75. The van der Waals surface area contributed by atoms with E-state index in [4.69, 9.17) is 4.74 Å². The van der Waals surface area contributed by atoms with Crippen molar-refractivity contribution in [1.82, 2.24) is 4.98 Å². The first-order valence-corrected chi connectivity index (χ1v) is 5.71. The van der Waals surface area contributed by atoms with E-state index in [1.807, 2.05) is 0 Å². The average Bonchev–Trinajstić information content (AvgIpc) is 2.28. The molecule has 0 spiro atoms. The summed E-state index contributed by atoms with van der Waals surface area (Å²) in [7, 11) is 0. The molecule has 0 aliphatic rings. The monoisotopic (exact) mass is 259 g/mol. The summed E-state index contributed by atoms with van der Waals surface area (Å²) in [4.78, 5) is 4.02. The van der Waals surface area contributed by atoms with Crippen molar-refractivity contribution in [3.63, 3.8) is 0 Å². The van der Waals surface area contributed by atoms with Crippen LogP contribution in [0.4, 0.5) is 13.2 Å². The highest BCUT2D eigenvalue weighted by Crippen LogP contribution is 2.33. The Bertz CT molecular complexity index is 425. The molecule has 0 N–H and O–H groups in total. The number of halogens is 3. The summed E-state index contributed by atoms with van der Waals surface area (Å²) in [6, 6.07) is 1.09. The highest BCUT2D eigenvalue weighted by molar-refractivity contribution is 5.53. The molecule has 0 aliphatic carbocycles. The van der Waals surface area contributed by atoms with Gasteiger partial charge in [-0.05, 0) is 25.0 Å². The predicted molar refractivity (Wildman–Crippen MR) is 64.0 cm³/mol. The minimum Gasteiger partial charge on any atom is -0.501 e. The van der Waals surface area contributed by atoms with Crippen molar-refractivity contribution in [2.45, 2.75) is 32.9 Å². The Morgan fingerprint density at radius 2 is 2.06 bits per heavy atom. The molecule has 5 heteroatoms. The van der Waals surface area contributed by atoms with Crippen LogP contribution in [0.25, 0.3) is 6.08 Å².